The van der Waals surface area contributed by atoms with Gasteiger partial charge >= 0.3 is 0 Å². The monoisotopic (exact) mass is 341 g/mol. The number of rotatable bonds is 4. The summed E-state index contributed by atoms with van der Waals surface area (Å²) in [6.45, 7) is 1.02. The van der Waals surface area contributed by atoms with Gasteiger partial charge in [-0.15, -0.1) is 0 Å². The van der Waals surface area contributed by atoms with Gasteiger partial charge in [-0.3, -0.25) is 14.9 Å². The van der Waals surface area contributed by atoms with Crippen molar-refractivity contribution in [2.45, 2.75) is 18.9 Å². The fraction of sp³-hybridized carbons (Fsp3) is 0.278. The zero-order valence-electron chi connectivity index (χ0n) is 13.6. The summed E-state index contributed by atoms with van der Waals surface area (Å²) in [6.07, 6.45) is 1.68. The highest BCUT2D eigenvalue weighted by Crippen LogP contribution is 2.30. The van der Waals surface area contributed by atoms with Crippen molar-refractivity contribution in [3.63, 3.8) is 0 Å². The van der Waals surface area contributed by atoms with Gasteiger partial charge in [0.1, 0.15) is 11.5 Å². The average Bonchev–Trinajstić information content (AvgIpc) is 2.62. The van der Waals surface area contributed by atoms with E-state index < -0.39 is 4.92 Å². The zero-order valence-corrected chi connectivity index (χ0v) is 13.6. The molecule has 0 spiro atoms. The normalized spacial score (nSPS) is 17.2. The molecule has 0 radical (unpaired) electrons. The van der Waals surface area contributed by atoms with E-state index in [-0.39, 0.29) is 23.2 Å². The van der Waals surface area contributed by atoms with Crippen LogP contribution in [0.3, 0.4) is 0 Å². The Kier molecular flexibility index (Phi) is 4.95. The Morgan fingerprint density at radius 3 is 2.68 bits per heavy atom. The first-order valence-corrected chi connectivity index (χ1v) is 8.11. The molecular weight excluding hydrogens is 322 g/mol. The number of likely N-dealkylation sites (tertiary alicyclic amines) is 1. The van der Waals surface area contributed by atoms with Crippen molar-refractivity contribution in [2.75, 3.05) is 13.1 Å². The van der Waals surface area contributed by atoms with Gasteiger partial charge in [-0.1, -0.05) is 18.2 Å². The van der Waals surface area contributed by atoms with E-state index in [2.05, 4.69) is 0 Å². The number of hydrogen-bond acceptors (Lipinski definition) is 5. The molecule has 130 valence electrons. The van der Waals surface area contributed by atoms with Crippen molar-refractivity contribution in [1.82, 2.24) is 4.90 Å². The zero-order chi connectivity index (χ0) is 17.8. The Morgan fingerprint density at radius 2 is 2.00 bits per heavy atom. The Labute approximate surface area is 145 Å². The summed E-state index contributed by atoms with van der Waals surface area (Å²) in [5.41, 5.74) is 5.97. The Balaban J connectivity index is 1.94. The third-order valence-electron chi connectivity index (χ3n) is 4.12. The summed E-state index contributed by atoms with van der Waals surface area (Å²) in [7, 11) is 0. The lowest BCUT2D eigenvalue weighted by molar-refractivity contribution is -0.384. The molecule has 0 aromatic heterocycles. The number of nitrogens with two attached hydrogens (primary N) is 1. The predicted octanol–water partition coefficient (Wildman–Crippen LogP) is 2.95. The van der Waals surface area contributed by atoms with Gasteiger partial charge in [-0.2, -0.15) is 0 Å². The molecular formula is C18H19N3O4. The molecule has 2 N–H and O–H groups in total. The minimum Gasteiger partial charge on any atom is -0.457 e. The van der Waals surface area contributed by atoms with Crippen LogP contribution in [0.1, 0.15) is 23.2 Å². The quantitative estimate of drug-likeness (QED) is 0.681. The molecule has 2 aromatic carbocycles. The number of carbonyl (C=O) groups is 1. The molecule has 1 unspecified atom stereocenters. The largest absolute Gasteiger partial charge is 0.457 e. The standard InChI is InChI=1S/C18H19N3O4/c19-13-5-4-10-20(12-13)18(22)16-11-14(21(23)24)8-9-17(16)25-15-6-2-1-3-7-15/h1-3,6-9,11,13H,4-5,10,12,19H2. The van der Waals surface area contributed by atoms with Gasteiger partial charge in [-0.25, -0.2) is 0 Å². The summed E-state index contributed by atoms with van der Waals surface area (Å²) in [6, 6.07) is 13.0. The lowest BCUT2D eigenvalue weighted by Crippen LogP contribution is -2.45. The molecule has 1 atom stereocenters. The number of non-ortho nitro benzene ring substituents is 1. The van der Waals surface area contributed by atoms with Crippen LogP contribution in [-0.4, -0.2) is 34.9 Å². The summed E-state index contributed by atoms with van der Waals surface area (Å²) in [5, 5.41) is 11.1. The fourth-order valence-corrected chi connectivity index (χ4v) is 2.87. The first kappa shape index (κ1) is 16.9. The topological polar surface area (TPSA) is 98.7 Å². The molecule has 0 aliphatic carbocycles. The molecule has 1 heterocycles. The number of benzene rings is 2. The van der Waals surface area contributed by atoms with Gasteiger partial charge in [0, 0.05) is 31.3 Å². The molecule has 3 rings (SSSR count). The first-order chi connectivity index (χ1) is 12.0. The van der Waals surface area contributed by atoms with Crippen molar-refractivity contribution < 1.29 is 14.5 Å². The molecule has 1 aliphatic rings. The number of carbonyl (C=O) groups excluding carboxylic acids is 1. The van der Waals surface area contributed by atoms with Crippen molar-refractivity contribution in [2.24, 2.45) is 5.73 Å². The van der Waals surface area contributed by atoms with E-state index in [1.807, 2.05) is 18.2 Å². The molecule has 1 aliphatic heterocycles. The molecule has 7 nitrogen and oxygen atoms in total. The van der Waals surface area contributed by atoms with Crippen LogP contribution in [0.4, 0.5) is 5.69 Å². The van der Waals surface area contributed by atoms with Gasteiger partial charge in [0.2, 0.25) is 0 Å². The lowest BCUT2D eigenvalue weighted by Gasteiger charge is -2.31. The van der Waals surface area contributed by atoms with E-state index in [4.69, 9.17) is 10.5 Å². The highest BCUT2D eigenvalue weighted by atomic mass is 16.6. The van der Waals surface area contributed by atoms with Crippen LogP contribution in [0.25, 0.3) is 0 Å². The molecule has 7 heteroatoms. The fourth-order valence-electron chi connectivity index (χ4n) is 2.87. The van der Waals surface area contributed by atoms with Crippen LogP contribution in [0, 0.1) is 10.1 Å². The van der Waals surface area contributed by atoms with Crippen LogP contribution in [0.2, 0.25) is 0 Å². The number of nitrogens with zero attached hydrogens (tertiary/aromatic N) is 2. The van der Waals surface area contributed by atoms with Crippen LogP contribution < -0.4 is 10.5 Å². The van der Waals surface area contributed by atoms with Crippen LogP contribution in [-0.2, 0) is 0 Å². The number of amides is 1. The van der Waals surface area contributed by atoms with E-state index in [0.717, 1.165) is 12.8 Å². The van der Waals surface area contributed by atoms with Crippen LogP contribution in [0.15, 0.2) is 48.5 Å². The highest BCUT2D eigenvalue weighted by Gasteiger charge is 2.26. The summed E-state index contributed by atoms with van der Waals surface area (Å²) in [4.78, 5) is 25.1. The second-order valence-electron chi connectivity index (χ2n) is 6.01. The van der Waals surface area contributed by atoms with Crippen molar-refractivity contribution >= 4 is 11.6 Å². The second-order valence-corrected chi connectivity index (χ2v) is 6.01. The van der Waals surface area contributed by atoms with E-state index in [1.54, 1.807) is 17.0 Å². The molecule has 1 amide bonds. The number of nitro benzene ring substituents is 1. The Hall–Kier alpha value is -2.93. The van der Waals surface area contributed by atoms with E-state index in [1.165, 1.54) is 18.2 Å². The predicted molar refractivity (Wildman–Crippen MR) is 92.7 cm³/mol. The summed E-state index contributed by atoms with van der Waals surface area (Å²) in [5.74, 6) is 0.548. The summed E-state index contributed by atoms with van der Waals surface area (Å²) >= 11 is 0. The maximum atomic E-state index is 12.9. The number of para-hydroxylation sites is 1. The van der Waals surface area contributed by atoms with Crippen molar-refractivity contribution in [1.29, 1.82) is 0 Å². The minimum absolute atomic E-state index is 0.0742. The molecule has 0 saturated carbocycles. The van der Waals surface area contributed by atoms with Crippen LogP contribution >= 0.6 is 0 Å². The Morgan fingerprint density at radius 1 is 1.24 bits per heavy atom. The third-order valence-corrected chi connectivity index (χ3v) is 4.12. The minimum atomic E-state index is -0.523. The smallest absolute Gasteiger partial charge is 0.270 e. The van der Waals surface area contributed by atoms with Crippen LogP contribution in [0.5, 0.6) is 11.5 Å². The van der Waals surface area contributed by atoms with Gasteiger partial charge in [0.25, 0.3) is 11.6 Å². The molecule has 25 heavy (non-hydrogen) atoms. The van der Waals surface area contributed by atoms with E-state index in [0.29, 0.717) is 24.6 Å². The molecule has 1 fully saturated rings. The maximum Gasteiger partial charge on any atom is 0.270 e. The van der Waals surface area contributed by atoms with Gasteiger partial charge in [0.05, 0.1) is 10.5 Å². The lowest BCUT2D eigenvalue weighted by atomic mass is 10.0. The van der Waals surface area contributed by atoms with E-state index in [9.17, 15) is 14.9 Å². The third kappa shape index (κ3) is 3.95. The summed E-state index contributed by atoms with van der Waals surface area (Å²) < 4.78 is 5.78. The highest BCUT2D eigenvalue weighted by molar-refractivity contribution is 5.97. The number of hydrogen-bond donors (Lipinski definition) is 1. The molecule has 0 bridgehead atoms. The SMILES string of the molecule is NC1CCCN(C(=O)c2cc([N+](=O)[O-])ccc2Oc2ccccc2)C1. The molecule has 2 aromatic rings. The second kappa shape index (κ2) is 7.31. The number of nitro groups is 1. The maximum absolute atomic E-state index is 12.9. The average molecular weight is 341 g/mol. The van der Waals surface area contributed by atoms with Gasteiger partial charge in [0.15, 0.2) is 0 Å². The van der Waals surface area contributed by atoms with Crippen molar-refractivity contribution in [3.05, 3.63) is 64.2 Å². The molecule has 1 saturated heterocycles. The first-order valence-electron chi connectivity index (χ1n) is 8.11. The van der Waals surface area contributed by atoms with Crippen molar-refractivity contribution in [3.8, 4) is 11.5 Å². The Bertz CT molecular complexity index is 779. The number of piperidine rings is 1. The van der Waals surface area contributed by atoms with E-state index >= 15 is 0 Å². The van der Waals surface area contributed by atoms with Gasteiger partial charge in [-0.05, 0) is 31.0 Å². The number of ether oxygens (including phenoxy) is 1. The van der Waals surface area contributed by atoms with Gasteiger partial charge < -0.3 is 15.4 Å².